The van der Waals surface area contributed by atoms with Crippen LogP contribution in [0.4, 0.5) is 5.95 Å². The Hall–Kier alpha value is -1.25. The van der Waals surface area contributed by atoms with Crippen LogP contribution in [-0.4, -0.2) is 49.9 Å². The molecule has 96 valence electrons. The van der Waals surface area contributed by atoms with Gasteiger partial charge in [-0.2, -0.15) is 12.7 Å². The molecule has 0 aliphatic heterocycles. The second-order valence-corrected chi connectivity index (χ2v) is 5.24. The third kappa shape index (κ3) is 4.63. The molecule has 0 radical (unpaired) electrons. The average molecular weight is 259 g/mol. The lowest BCUT2D eigenvalue weighted by atomic mass is 10.4. The van der Waals surface area contributed by atoms with E-state index in [9.17, 15) is 8.42 Å². The average Bonchev–Trinajstić information content (AvgIpc) is 2.30. The van der Waals surface area contributed by atoms with Crippen LogP contribution in [0.25, 0.3) is 0 Å². The van der Waals surface area contributed by atoms with E-state index in [1.165, 1.54) is 23.7 Å². The number of hydrogen-bond donors (Lipinski definition) is 2. The van der Waals surface area contributed by atoms with Crippen LogP contribution < -0.4 is 10.0 Å². The van der Waals surface area contributed by atoms with E-state index in [0.717, 1.165) is 13.0 Å². The lowest BCUT2D eigenvalue weighted by Crippen LogP contribution is -2.34. The molecule has 1 aromatic rings. The van der Waals surface area contributed by atoms with E-state index in [4.69, 9.17) is 0 Å². The summed E-state index contributed by atoms with van der Waals surface area (Å²) in [5.41, 5.74) is 0. The number of rotatable bonds is 7. The molecule has 1 aromatic heterocycles. The molecule has 0 spiro atoms. The lowest BCUT2D eigenvalue weighted by Gasteiger charge is -2.17. The quantitative estimate of drug-likeness (QED) is 0.655. The van der Waals surface area contributed by atoms with Gasteiger partial charge in [0, 0.05) is 26.0 Å². The van der Waals surface area contributed by atoms with Crippen molar-refractivity contribution in [3.05, 3.63) is 18.5 Å². The molecule has 0 bridgehead atoms. The van der Waals surface area contributed by atoms with Crippen LogP contribution in [0.15, 0.2) is 18.5 Å². The Labute approximate surface area is 101 Å². The molecule has 0 aliphatic carbocycles. The summed E-state index contributed by atoms with van der Waals surface area (Å²) in [5, 5.41) is 2.96. The van der Waals surface area contributed by atoms with Gasteiger partial charge in [0.15, 0.2) is 0 Å². The molecular formula is C9H17N5O2S. The Morgan fingerprint density at radius 1 is 1.35 bits per heavy atom. The Morgan fingerprint density at radius 2 is 2.00 bits per heavy atom. The summed E-state index contributed by atoms with van der Waals surface area (Å²) in [6.45, 7) is 1.20. The molecule has 0 saturated carbocycles. The maximum atomic E-state index is 11.8. The van der Waals surface area contributed by atoms with Gasteiger partial charge in [0.25, 0.3) is 0 Å². The Kier molecular flexibility index (Phi) is 5.26. The van der Waals surface area contributed by atoms with E-state index in [2.05, 4.69) is 20.0 Å². The summed E-state index contributed by atoms with van der Waals surface area (Å²) < 4.78 is 27.2. The van der Waals surface area contributed by atoms with E-state index in [1.807, 2.05) is 7.05 Å². The van der Waals surface area contributed by atoms with Crippen molar-refractivity contribution in [3.8, 4) is 0 Å². The molecule has 17 heavy (non-hydrogen) atoms. The molecule has 1 rings (SSSR count). The number of anilines is 1. The van der Waals surface area contributed by atoms with Crippen molar-refractivity contribution < 1.29 is 8.42 Å². The fourth-order valence-electron chi connectivity index (χ4n) is 1.14. The van der Waals surface area contributed by atoms with E-state index >= 15 is 0 Å². The van der Waals surface area contributed by atoms with Crippen LogP contribution in [0, 0.1) is 0 Å². The highest BCUT2D eigenvalue weighted by atomic mass is 32.2. The Balaban J connectivity index is 2.56. The van der Waals surface area contributed by atoms with Crippen molar-refractivity contribution in [2.75, 3.05) is 31.9 Å². The molecule has 1 heterocycles. The first kappa shape index (κ1) is 13.8. The van der Waals surface area contributed by atoms with Gasteiger partial charge in [-0.05, 0) is 26.1 Å². The largest absolute Gasteiger partial charge is 0.320 e. The van der Waals surface area contributed by atoms with Gasteiger partial charge in [0.2, 0.25) is 5.95 Å². The fourth-order valence-corrected chi connectivity index (χ4v) is 2.01. The van der Waals surface area contributed by atoms with Crippen LogP contribution >= 0.6 is 0 Å². The molecular weight excluding hydrogens is 242 g/mol. The summed E-state index contributed by atoms with van der Waals surface area (Å²) in [6, 6.07) is 1.62. The minimum Gasteiger partial charge on any atom is -0.320 e. The first-order valence-electron chi connectivity index (χ1n) is 5.22. The molecule has 0 saturated heterocycles. The predicted molar refractivity (Wildman–Crippen MR) is 65.7 cm³/mol. The number of nitrogens with one attached hydrogen (secondary N) is 2. The third-order valence-corrected chi connectivity index (χ3v) is 3.54. The number of hydrogen-bond acceptors (Lipinski definition) is 5. The molecule has 2 N–H and O–H groups in total. The van der Waals surface area contributed by atoms with Crippen LogP contribution in [0.2, 0.25) is 0 Å². The highest BCUT2D eigenvalue weighted by Crippen LogP contribution is 2.03. The molecule has 0 unspecified atom stereocenters. The monoisotopic (exact) mass is 259 g/mol. The van der Waals surface area contributed by atoms with E-state index < -0.39 is 10.2 Å². The smallest absolute Gasteiger partial charge is 0.303 e. The Morgan fingerprint density at radius 3 is 2.59 bits per heavy atom. The molecule has 0 atom stereocenters. The van der Waals surface area contributed by atoms with Crippen molar-refractivity contribution >= 4 is 16.2 Å². The molecule has 8 heteroatoms. The maximum Gasteiger partial charge on any atom is 0.303 e. The highest BCUT2D eigenvalue weighted by Gasteiger charge is 2.17. The van der Waals surface area contributed by atoms with Crippen LogP contribution in [0.5, 0.6) is 0 Å². The van der Waals surface area contributed by atoms with Gasteiger partial charge in [-0.1, -0.05) is 0 Å². The summed E-state index contributed by atoms with van der Waals surface area (Å²) in [6.07, 6.45) is 3.70. The maximum absolute atomic E-state index is 11.8. The fraction of sp³-hybridized carbons (Fsp3) is 0.556. The SMILES string of the molecule is CNCCCN(C)S(=O)(=O)Nc1ncccn1. The molecule has 0 aromatic carbocycles. The third-order valence-electron chi connectivity index (χ3n) is 2.10. The number of nitrogens with zero attached hydrogens (tertiary/aromatic N) is 3. The van der Waals surface area contributed by atoms with Crippen molar-refractivity contribution in [3.63, 3.8) is 0 Å². The van der Waals surface area contributed by atoms with Gasteiger partial charge in [-0.15, -0.1) is 0 Å². The zero-order valence-corrected chi connectivity index (χ0v) is 10.7. The summed E-state index contributed by atoms with van der Waals surface area (Å²) in [5.74, 6) is 0.0768. The summed E-state index contributed by atoms with van der Waals surface area (Å²) in [4.78, 5) is 7.60. The first-order chi connectivity index (χ1) is 8.06. The highest BCUT2D eigenvalue weighted by molar-refractivity contribution is 7.90. The molecule has 7 nitrogen and oxygen atoms in total. The first-order valence-corrected chi connectivity index (χ1v) is 6.66. The van der Waals surface area contributed by atoms with Gasteiger partial charge < -0.3 is 5.32 Å². The van der Waals surface area contributed by atoms with Gasteiger partial charge in [0.05, 0.1) is 0 Å². The summed E-state index contributed by atoms with van der Waals surface area (Å²) in [7, 11) is -0.224. The topological polar surface area (TPSA) is 87.2 Å². The standard InChI is InChI=1S/C9H17N5O2S/c1-10-5-4-8-14(2)17(15,16)13-9-11-6-3-7-12-9/h3,6-7,10H,4-5,8H2,1-2H3,(H,11,12,13). The normalized spacial score (nSPS) is 11.7. The van der Waals surface area contributed by atoms with E-state index in [-0.39, 0.29) is 5.95 Å². The lowest BCUT2D eigenvalue weighted by molar-refractivity contribution is 0.462. The van der Waals surface area contributed by atoms with Crippen LogP contribution in [0.3, 0.4) is 0 Å². The van der Waals surface area contributed by atoms with Gasteiger partial charge in [0.1, 0.15) is 0 Å². The second kappa shape index (κ2) is 6.48. The van der Waals surface area contributed by atoms with Crippen molar-refractivity contribution in [1.82, 2.24) is 19.6 Å². The van der Waals surface area contributed by atoms with Crippen molar-refractivity contribution in [1.29, 1.82) is 0 Å². The molecule has 0 fully saturated rings. The molecule has 0 aliphatic rings. The van der Waals surface area contributed by atoms with Crippen LogP contribution in [-0.2, 0) is 10.2 Å². The van der Waals surface area contributed by atoms with E-state index in [0.29, 0.717) is 6.54 Å². The van der Waals surface area contributed by atoms with Crippen molar-refractivity contribution in [2.45, 2.75) is 6.42 Å². The van der Waals surface area contributed by atoms with Gasteiger partial charge >= 0.3 is 10.2 Å². The summed E-state index contributed by atoms with van der Waals surface area (Å²) >= 11 is 0. The second-order valence-electron chi connectivity index (χ2n) is 3.46. The zero-order chi connectivity index (χ0) is 12.7. The minimum atomic E-state index is -3.56. The number of aromatic nitrogens is 2. The van der Waals surface area contributed by atoms with E-state index in [1.54, 1.807) is 6.07 Å². The predicted octanol–water partition coefficient (Wildman–Crippen LogP) is -0.325. The zero-order valence-electron chi connectivity index (χ0n) is 9.92. The minimum absolute atomic E-state index is 0.0768. The van der Waals surface area contributed by atoms with Gasteiger partial charge in [-0.3, -0.25) is 0 Å². The van der Waals surface area contributed by atoms with Crippen molar-refractivity contribution in [2.24, 2.45) is 0 Å². The Bertz CT molecular complexity index is 422. The van der Waals surface area contributed by atoms with Crippen LogP contribution in [0.1, 0.15) is 6.42 Å². The van der Waals surface area contributed by atoms with Gasteiger partial charge in [-0.25, -0.2) is 14.7 Å². The molecule has 0 amide bonds.